The molecule has 0 unspecified atom stereocenters. The molecule has 1 atom stereocenters. The van der Waals surface area contributed by atoms with Gasteiger partial charge in [-0.15, -0.1) is 10.2 Å². The number of fused-ring (bicyclic) bond motifs is 1. The summed E-state index contributed by atoms with van der Waals surface area (Å²) in [6, 6.07) is 7.46. The molecule has 1 aliphatic carbocycles. The Morgan fingerprint density at radius 3 is 2.71 bits per heavy atom. The maximum Gasteiger partial charge on any atom is 0.320 e. The first-order chi connectivity index (χ1) is 13.6. The Bertz CT molecular complexity index is 839. The van der Waals surface area contributed by atoms with Crippen molar-refractivity contribution in [1.82, 2.24) is 14.8 Å². The second kappa shape index (κ2) is 8.03. The van der Waals surface area contributed by atoms with Crippen molar-refractivity contribution in [3.05, 3.63) is 47.0 Å². The predicted molar refractivity (Wildman–Crippen MR) is 107 cm³/mol. The van der Waals surface area contributed by atoms with E-state index in [0.717, 1.165) is 43.0 Å². The highest BCUT2D eigenvalue weighted by atomic mass is 16.4. The van der Waals surface area contributed by atoms with Crippen molar-refractivity contribution in [2.24, 2.45) is 5.73 Å². The largest absolute Gasteiger partial charge is 0.480 e. The fraction of sp³-hybridized carbons (Fsp3) is 0.591. The molecule has 0 spiro atoms. The van der Waals surface area contributed by atoms with Crippen LogP contribution in [0.3, 0.4) is 0 Å². The normalized spacial score (nSPS) is 20.2. The average molecular weight is 383 g/mol. The molecule has 4 rings (SSSR count). The van der Waals surface area contributed by atoms with Crippen LogP contribution in [0.4, 0.5) is 0 Å². The fourth-order valence-electron chi connectivity index (χ4n) is 4.97. The van der Waals surface area contributed by atoms with E-state index in [-0.39, 0.29) is 5.41 Å². The van der Waals surface area contributed by atoms with E-state index in [1.165, 1.54) is 44.1 Å². The first-order valence-electron chi connectivity index (χ1n) is 10.6. The Morgan fingerprint density at radius 2 is 1.93 bits per heavy atom. The van der Waals surface area contributed by atoms with E-state index in [1.807, 2.05) is 12.1 Å². The van der Waals surface area contributed by atoms with Crippen LogP contribution in [-0.2, 0) is 29.6 Å². The SMILES string of the molecule is N[C@@H](Cc1cccc(C2(c3nnc4n3CCCCCC4)CCCC2)c1)C(=O)O. The first kappa shape index (κ1) is 19.1. The van der Waals surface area contributed by atoms with Gasteiger partial charge in [0.15, 0.2) is 0 Å². The molecule has 6 heteroatoms. The van der Waals surface area contributed by atoms with Crippen molar-refractivity contribution in [1.29, 1.82) is 0 Å². The number of carbonyl (C=O) groups is 1. The fourth-order valence-corrected chi connectivity index (χ4v) is 4.97. The molecule has 3 N–H and O–H groups in total. The molecule has 28 heavy (non-hydrogen) atoms. The summed E-state index contributed by atoms with van der Waals surface area (Å²) in [6.07, 6.45) is 10.8. The van der Waals surface area contributed by atoms with Gasteiger partial charge in [0.05, 0.1) is 5.41 Å². The molecule has 0 radical (unpaired) electrons. The number of carboxylic acids is 1. The van der Waals surface area contributed by atoms with Crippen LogP contribution >= 0.6 is 0 Å². The zero-order valence-corrected chi connectivity index (χ0v) is 16.4. The van der Waals surface area contributed by atoms with Gasteiger partial charge in [0.2, 0.25) is 0 Å². The summed E-state index contributed by atoms with van der Waals surface area (Å²) >= 11 is 0. The lowest BCUT2D eigenvalue weighted by Gasteiger charge is -2.30. The van der Waals surface area contributed by atoms with Crippen molar-refractivity contribution in [2.75, 3.05) is 0 Å². The highest BCUT2D eigenvalue weighted by Gasteiger charge is 2.42. The molecule has 2 aromatic rings. The van der Waals surface area contributed by atoms with Gasteiger partial charge in [0.1, 0.15) is 17.7 Å². The number of nitrogens with zero attached hydrogens (tertiary/aromatic N) is 3. The Morgan fingerprint density at radius 1 is 1.14 bits per heavy atom. The third-order valence-electron chi connectivity index (χ3n) is 6.50. The van der Waals surface area contributed by atoms with E-state index in [2.05, 4.69) is 21.8 Å². The van der Waals surface area contributed by atoms with Crippen LogP contribution in [0.2, 0.25) is 0 Å². The van der Waals surface area contributed by atoms with Crippen molar-refractivity contribution < 1.29 is 9.90 Å². The molecule has 6 nitrogen and oxygen atoms in total. The van der Waals surface area contributed by atoms with Gasteiger partial charge in [-0.1, -0.05) is 49.9 Å². The molecule has 150 valence electrons. The number of nitrogens with two attached hydrogens (primary N) is 1. The Hall–Kier alpha value is -2.21. The number of aryl methyl sites for hydroxylation is 1. The average Bonchev–Trinajstić information content (AvgIpc) is 3.29. The first-order valence-corrected chi connectivity index (χ1v) is 10.6. The lowest BCUT2D eigenvalue weighted by atomic mass is 9.77. The van der Waals surface area contributed by atoms with Gasteiger partial charge in [0, 0.05) is 13.0 Å². The molecule has 0 bridgehead atoms. The topological polar surface area (TPSA) is 94.0 Å². The standard InChI is InChI=1S/C22H30N4O2/c23-18(20(27)28)15-16-8-7-9-17(14-16)22(11-4-5-12-22)21-25-24-19-10-3-1-2-6-13-26(19)21/h7-9,14,18H,1-6,10-13,15,23H2,(H,27,28)/t18-/m0/s1. The van der Waals surface area contributed by atoms with Crippen LogP contribution in [0.15, 0.2) is 24.3 Å². The Kier molecular flexibility index (Phi) is 5.49. The highest BCUT2D eigenvalue weighted by Crippen LogP contribution is 2.46. The lowest BCUT2D eigenvalue weighted by molar-refractivity contribution is -0.138. The number of aromatic nitrogens is 3. The number of hydrogen-bond donors (Lipinski definition) is 2. The second-order valence-corrected chi connectivity index (χ2v) is 8.39. The van der Waals surface area contributed by atoms with Crippen molar-refractivity contribution in [3.8, 4) is 0 Å². The predicted octanol–water partition coefficient (Wildman–Crippen LogP) is 3.21. The van der Waals surface area contributed by atoms with E-state index < -0.39 is 12.0 Å². The van der Waals surface area contributed by atoms with E-state index >= 15 is 0 Å². The van der Waals surface area contributed by atoms with Gasteiger partial charge < -0.3 is 15.4 Å². The summed E-state index contributed by atoms with van der Waals surface area (Å²) in [4.78, 5) is 11.2. The van der Waals surface area contributed by atoms with Crippen LogP contribution < -0.4 is 5.73 Å². The zero-order valence-electron chi connectivity index (χ0n) is 16.4. The Labute approximate surface area is 166 Å². The monoisotopic (exact) mass is 382 g/mol. The van der Waals surface area contributed by atoms with E-state index in [4.69, 9.17) is 15.9 Å². The minimum Gasteiger partial charge on any atom is -0.480 e. The number of rotatable bonds is 5. The van der Waals surface area contributed by atoms with E-state index in [9.17, 15) is 4.79 Å². The van der Waals surface area contributed by atoms with Crippen molar-refractivity contribution in [2.45, 2.75) is 82.2 Å². The van der Waals surface area contributed by atoms with Gasteiger partial charge in [0.25, 0.3) is 0 Å². The van der Waals surface area contributed by atoms with Crippen LogP contribution in [-0.4, -0.2) is 31.9 Å². The van der Waals surface area contributed by atoms with Gasteiger partial charge in [-0.3, -0.25) is 4.79 Å². The molecule has 1 aromatic carbocycles. The maximum atomic E-state index is 11.2. The minimum atomic E-state index is -0.958. The van der Waals surface area contributed by atoms with E-state index in [1.54, 1.807) is 0 Å². The zero-order chi connectivity index (χ0) is 19.6. The summed E-state index contributed by atoms with van der Waals surface area (Å²) in [5.41, 5.74) is 7.87. The minimum absolute atomic E-state index is 0.117. The maximum absolute atomic E-state index is 11.2. The number of hydrogen-bond acceptors (Lipinski definition) is 4. The summed E-state index contributed by atoms with van der Waals surface area (Å²) in [6.45, 7) is 1.00. The molecule has 2 heterocycles. The smallest absolute Gasteiger partial charge is 0.320 e. The third kappa shape index (κ3) is 3.58. The van der Waals surface area contributed by atoms with Gasteiger partial charge in [-0.2, -0.15) is 0 Å². The highest BCUT2D eigenvalue weighted by molar-refractivity contribution is 5.73. The summed E-state index contributed by atoms with van der Waals surface area (Å²) in [5.74, 6) is 1.28. The number of carboxylic acid groups (broad SMARTS) is 1. The van der Waals surface area contributed by atoms with Gasteiger partial charge >= 0.3 is 5.97 Å². The van der Waals surface area contributed by atoms with Crippen LogP contribution in [0.1, 0.15) is 74.1 Å². The second-order valence-electron chi connectivity index (χ2n) is 8.39. The summed E-state index contributed by atoms with van der Waals surface area (Å²) in [7, 11) is 0. The van der Waals surface area contributed by atoms with Crippen LogP contribution in [0.25, 0.3) is 0 Å². The van der Waals surface area contributed by atoms with Crippen molar-refractivity contribution in [3.63, 3.8) is 0 Å². The third-order valence-corrected chi connectivity index (χ3v) is 6.50. The molecule has 1 fully saturated rings. The van der Waals surface area contributed by atoms with Crippen LogP contribution in [0, 0.1) is 0 Å². The number of aliphatic carboxylic acids is 1. The number of benzene rings is 1. The summed E-state index contributed by atoms with van der Waals surface area (Å²) in [5, 5.41) is 18.5. The molecule has 1 saturated carbocycles. The quantitative estimate of drug-likeness (QED) is 0.828. The van der Waals surface area contributed by atoms with Gasteiger partial charge in [-0.05, 0) is 43.2 Å². The molecule has 2 aliphatic rings. The molecule has 0 amide bonds. The molecule has 1 aliphatic heterocycles. The molecule has 1 aromatic heterocycles. The Balaban J connectivity index is 1.73. The van der Waals surface area contributed by atoms with Gasteiger partial charge in [-0.25, -0.2) is 0 Å². The van der Waals surface area contributed by atoms with Crippen LogP contribution in [0.5, 0.6) is 0 Å². The molecule has 0 saturated heterocycles. The van der Waals surface area contributed by atoms with E-state index in [0.29, 0.717) is 6.42 Å². The summed E-state index contributed by atoms with van der Waals surface area (Å²) < 4.78 is 2.39. The lowest BCUT2D eigenvalue weighted by Crippen LogP contribution is -2.33. The van der Waals surface area contributed by atoms with Crippen molar-refractivity contribution >= 4 is 5.97 Å². The molecular weight excluding hydrogens is 352 g/mol. The molecular formula is C22H30N4O2.